The van der Waals surface area contributed by atoms with Gasteiger partial charge in [-0.05, 0) is 31.4 Å². The summed E-state index contributed by atoms with van der Waals surface area (Å²) < 4.78 is 5.34. The van der Waals surface area contributed by atoms with Gasteiger partial charge in [0.15, 0.2) is 5.82 Å². The van der Waals surface area contributed by atoms with Crippen molar-refractivity contribution >= 4 is 0 Å². The van der Waals surface area contributed by atoms with Crippen LogP contribution >= 0.6 is 0 Å². The molecule has 1 aromatic heterocycles. The molecule has 1 aliphatic carbocycles. The van der Waals surface area contributed by atoms with Crippen LogP contribution in [0.15, 0.2) is 34.9 Å². The second kappa shape index (κ2) is 5.13. The third kappa shape index (κ3) is 2.40. The minimum atomic E-state index is 0.00770. The number of rotatable bonds is 6. The SMILES string of the molecule is CCCNCc1nc(C2(c3ccccc3)CC2)no1. The first-order valence-corrected chi connectivity index (χ1v) is 6.94. The van der Waals surface area contributed by atoms with Crippen LogP contribution in [-0.4, -0.2) is 16.7 Å². The van der Waals surface area contributed by atoms with Crippen molar-refractivity contribution in [1.29, 1.82) is 0 Å². The first-order chi connectivity index (χ1) is 9.35. The molecular formula is C15H19N3O. The fraction of sp³-hybridized carbons (Fsp3) is 0.467. The van der Waals surface area contributed by atoms with Crippen molar-refractivity contribution in [3.05, 3.63) is 47.6 Å². The first-order valence-electron chi connectivity index (χ1n) is 6.94. The average Bonchev–Trinajstić information content (AvgIpc) is 3.14. The topological polar surface area (TPSA) is 51.0 Å². The molecule has 3 rings (SSSR count). The molecule has 4 heteroatoms. The lowest BCUT2D eigenvalue weighted by atomic mass is 9.95. The maximum absolute atomic E-state index is 5.34. The van der Waals surface area contributed by atoms with Gasteiger partial charge in [0.25, 0.3) is 0 Å². The van der Waals surface area contributed by atoms with Crippen molar-refractivity contribution in [3.8, 4) is 0 Å². The zero-order chi connectivity index (χ0) is 13.1. The molecule has 100 valence electrons. The maximum Gasteiger partial charge on any atom is 0.240 e. The van der Waals surface area contributed by atoms with Gasteiger partial charge in [-0.25, -0.2) is 0 Å². The van der Waals surface area contributed by atoms with Gasteiger partial charge >= 0.3 is 0 Å². The summed E-state index contributed by atoms with van der Waals surface area (Å²) in [6, 6.07) is 10.5. The second-order valence-electron chi connectivity index (χ2n) is 5.14. The molecule has 0 aliphatic heterocycles. The van der Waals surface area contributed by atoms with Gasteiger partial charge in [0.1, 0.15) is 0 Å². The van der Waals surface area contributed by atoms with Gasteiger partial charge in [0, 0.05) is 0 Å². The zero-order valence-electron chi connectivity index (χ0n) is 11.2. The van der Waals surface area contributed by atoms with Crippen LogP contribution in [0.25, 0.3) is 0 Å². The van der Waals surface area contributed by atoms with Gasteiger partial charge in [-0.2, -0.15) is 4.98 Å². The Morgan fingerprint density at radius 3 is 2.74 bits per heavy atom. The Labute approximate surface area is 113 Å². The quantitative estimate of drug-likeness (QED) is 0.808. The summed E-state index contributed by atoms with van der Waals surface area (Å²) in [5.74, 6) is 1.53. The second-order valence-corrected chi connectivity index (χ2v) is 5.14. The lowest BCUT2D eigenvalue weighted by Gasteiger charge is -2.10. The Hall–Kier alpha value is -1.68. The Morgan fingerprint density at radius 2 is 2.05 bits per heavy atom. The van der Waals surface area contributed by atoms with E-state index in [-0.39, 0.29) is 5.41 Å². The van der Waals surface area contributed by atoms with E-state index >= 15 is 0 Å². The normalized spacial score (nSPS) is 16.5. The molecule has 0 atom stereocenters. The van der Waals surface area contributed by atoms with Crippen LogP contribution in [0, 0.1) is 0 Å². The average molecular weight is 257 g/mol. The van der Waals surface area contributed by atoms with E-state index in [2.05, 4.69) is 46.6 Å². The monoisotopic (exact) mass is 257 g/mol. The third-order valence-corrected chi connectivity index (χ3v) is 3.68. The summed E-state index contributed by atoms with van der Waals surface area (Å²) in [6.45, 7) is 3.77. The van der Waals surface area contributed by atoms with Gasteiger partial charge in [0.05, 0.1) is 12.0 Å². The Bertz CT molecular complexity index is 531. The number of benzene rings is 1. The van der Waals surface area contributed by atoms with Crippen LogP contribution in [0.4, 0.5) is 0 Å². The van der Waals surface area contributed by atoms with E-state index in [0.29, 0.717) is 12.4 Å². The van der Waals surface area contributed by atoms with Crippen LogP contribution in [0.1, 0.15) is 43.5 Å². The molecule has 1 aliphatic rings. The lowest BCUT2D eigenvalue weighted by Crippen LogP contribution is -2.15. The highest BCUT2D eigenvalue weighted by Gasteiger charge is 2.49. The van der Waals surface area contributed by atoms with Gasteiger partial charge in [-0.3, -0.25) is 0 Å². The highest BCUT2D eigenvalue weighted by molar-refractivity contribution is 5.38. The number of nitrogens with one attached hydrogen (secondary N) is 1. The maximum atomic E-state index is 5.34. The van der Waals surface area contributed by atoms with Crippen molar-refractivity contribution < 1.29 is 4.52 Å². The molecule has 1 saturated carbocycles. The van der Waals surface area contributed by atoms with E-state index in [1.807, 2.05) is 6.07 Å². The molecule has 1 heterocycles. The minimum Gasteiger partial charge on any atom is -0.338 e. The summed E-state index contributed by atoms with van der Waals surface area (Å²) in [5, 5.41) is 7.46. The first kappa shape index (κ1) is 12.4. The molecule has 2 aromatic rings. The molecule has 1 N–H and O–H groups in total. The van der Waals surface area contributed by atoms with Gasteiger partial charge < -0.3 is 9.84 Å². The molecule has 0 unspecified atom stereocenters. The van der Waals surface area contributed by atoms with E-state index in [0.717, 1.165) is 31.6 Å². The summed E-state index contributed by atoms with van der Waals surface area (Å²) in [6.07, 6.45) is 3.33. The molecule has 0 spiro atoms. The standard InChI is InChI=1S/C15H19N3O/c1-2-10-16-11-13-17-14(18-19-13)15(8-9-15)12-6-4-3-5-7-12/h3-7,16H,2,8-11H2,1H3. The van der Waals surface area contributed by atoms with E-state index in [1.54, 1.807) is 0 Å². The number of nitrogens with zero attached hydrogens (tertiary/aromatic N) is 2. The lowest BCUT2D eigenvalue weighted by molar-refractivity contribution is 0.361. The summed E-state index contributed by atoms with van der Waals surface area (Å²) in [4.78, 5) is 4.55. The van der Waals surface area contributed by atoms with Crippen LogP contribution in [0.5, 0.6) is 0 Å². The van der Waals surface area contributed by atoms with E-state index < -0.39 is 0 Å². The van der Waals surface area contributed by atoms with Crippen LogP contribution in [0.3, 0.4) is 0 Å². The molecule has 1 fully saturated rings. The van der Waals surface area contributed by atoms with Crippen LogP contribution < -0.4 is 5.32 Å². The Morgan fingerprint density at radius 1 is 1.26 bits per heavy atom. The fourth-order valence-electron chi connectivity index (χ4n) is 2.42. The predicted molar refractivity (Wildman–Crippen MR) is 72.8 cm³/mol. The van der Waals surface area contributed by atoms with Crippen molar-refractivity contribution in [2.75, 3.05) is 6.54 Å². The molecule has 0 bridgehead atoms. The van der Waals surface area contributed by atoms with Gasteiger partial charge in [0.2, 0.25) is 5.89 Å². The van der Waals surface area contributed by atoms with Crippen molar-refractivity contribution in [2.45, 2.75) is 38.1 Å². The van der Waals surface area contributed by atoms with Crippen molar-refractivity contribution in [1.82, 2.24) is 15.5 Å². The molecule has 4 nitrogen and oxygen atoms in total. The third-order valence-electron chi connectivity index (χ3n) is 3.68. The molecule has 0 radical (unpaired) electrons. The fourth-order valence-corrected chi connectivity index (χ4v) is 2.42. The highest BCUT2D eigenvalue weighted by Crippen LogP contribution is 2.52. The van der Waals surface area contributed by atoms with Crippen molar-refractivity contribution in [3.63, 3.8) is 0 Å². The molecule has 19 heavy (non-hydrogen) atoms. The molecule has 1 aromatic carbocycles. The molecule has 0 amide bonds. The zero-order valence-corrected chi connectivity index (χ0v) is 11.2. The van der Waals surface area contributed by atoms with Crippen molar-refractivity contribution in [2.24, 2.45) is 0 Å². The smallest absolute Gasteiger partial charge is 0.240 e. The van der Waals surface area contributed by atoms with Gasteiger partial charge in [-0.1, -0.05) is 42.4 Å². The largest absolute Gasteiger partial charge is 0.338 e. The molecule has 0 saturated heterocycles. The van der Waals surface area contributed by atoms with Crippen LogP contribution in [0.2, 0.25) is 0 Å². The van der Waals surface area contributed by atoms with E-state index in [1.165, 1.54) is 5.56 Å². The highest BCUT2D eigenvalue weighted by atomic mass is 16.5. The molecular weight excluding hydrogens is 238 g/mol. The van der Waals surface area contributed by atoms with E-state index in [4.69, 9.17) is 4.52 Å². The summed E-state index contributed by atoms with van der Waals surface area (Å²) in [7, 11) is 0. The minimum absolute atomic E-state index is 0.00770. The Kier molecular flexibility index (Phi) is 3.34. The number of hydrogen-bond donors (Lipinski definition) is 1. The van der Waals surface area contributed by atoms with E-state index in [9.17, 15) is 0 Å². The van der Waals surface area contributed by atoms with Gasteiger partial charge in [-0.15, -0.1) is 0 Å². The number of hydrogen-bond acceptors (Lipinski definition) is 4. The summed E-state index contributed by atoms with van der Waals surface area (Å²) in [5.41, 5.74) is 1.30. The Balaban J connectivity index is 1.76. The van der Waals surface area contributed by atoms with Crippen LogP contribution in [-0.2, 0) is 12.0 Å². The predicted octanol–water partition coefficient (Wildman–Crippen LogP) is 2.65. The summed E-state index contributed by atoms with van der Waals surface area (Å²) >= 11 is 0. The number of aromatic nitrogens is 2.